The van der Waals surface area contributed by atoms with Crippen LogP contribution in [0.3, 0.4) is 0 Å². The number of allylic oxidation sites excluding steroid dienone is 2. The summed E-state index contributed by atoms with van der Waals surface area (Å²) in [5.74, 6) is -0.431. The van der Waals surface area contributed by atoms with E-state index in [1.54, 1.807) is 19.9 Å². The molecule has 0 unspecified atom stereocenters. The third kappa shape index (κ3) is 31.8. The summed E-state index contributed by atoms with van der Waals surface area (Å²) in [5, 5.41) is 15.3. The van der Waals surface area contributed by atoms with Crippen LogP contribution in [0.5, 0.6) is 0 Å². The van der Waals surface area contributed by atoms with Gasteiger partial charge in [-0.25, -0.2) is 4.79 Å². The molecule has 0 rings (SSSR count). The Kier molecular flexibility index (Phi) is 18.6. The summed E-state index contributed by atoms with van der Waals surface area (Å²) in [7, 11) is 0. The predicted molar refractivity (Wildman–Crippen MR) is 67.3 cm³/mol. The summed E-state index contributed by atoms with van der Waals surface area (Å²) < 4.78 is 4.33. The Balaban J connectivity index is -0.000000188. The lowest BCUT2D eigenvalue weighted by Gasteiger charge is -1.92. The molecule has 0 fully saturated rings. The first-order valence-corrected chi connectivity index (χ1v) is 4.40. The predicted octanol–water partition coefficient (Wildman–Crippen LogP) is 3.03. The number of esters is 1. The highest BCUT2D eigenvalue weighted by Gasteiger charge is 1.97. The lowest BCUT2D eigenvalue weighted by Crippen LogP contribution is -1.98. The monoisotopic (exact) mass is 232 g/mol. The maximum Gasteiger partial charge on any atom is 0.337 e. The summed E-state index contributed by atoms with van der Waals surface area (Å²) in [4.78, 5) is 10.3. The first kappa shape index (κ1) is 19.9. The zero-order valence-electron chi connectivity index (χ0n) is 10.2. The van der Waals surface area contributed by atoms with Crippen molar-refractivity contribution in [2.24, 2.45) is 0 Å². The molecule has 0 heterocycles. The second-order valence-corrected chi connectivity index (χ2v) is 2.58. The van der Waals surface area contributed by atoms with Gasteiger partial charge in [0.15, 0.2) is 0 Å². The van der Waals surface area contributed by atoms with E-state index >= 15 is 0 Å². The zero-order valence-corrected chi connectivity index (χ0v) is 10.2. The summed E-state index contributed by atoms with van der Waals surface area (Å²) in [6, 6.07) is 3.53. The quantitative estimate of drug-likeness (QED) is 0.317. The third-order valence-corrected chi connectivity index (χ3v) is 0.821. The molecule has 0 atom stereocenters. The zero-order chi connectivity index (χ0) is 14.3. The molecule has 0 bridgehead atoms. The van der Waals surface area contributed by atoms with E-state index in [-0.39, 0.29) is 0 Å². The van der Waals surface area contributed by atoms with Crippen LogP contribution >= 0.6 is 0 Å². The Hall–Kier alpha value is -2.59. The number of ether oxygens (including phenoxy) is 1. The number of carbonyl (C=O) groups excluding carboxylic acids is 1. The minimum absolute atomic E-state index is 0.380. The van der Waals surface area contributed by atoms with Crippen molar-refractivity contribution in [1.29, 1.82) is 10.5 Å². The van der Waals surface area contributed by atoms with E-state index in [9.17, 15) is 4.79 Å². The fourth-order valence-electron chi connectivity index (χ4n) is 0.176. The van der Waals surface area contributed by atoms with Gasteiger partial charge in [-0.2, -0.15) is 10.5 Å². The SMILES string of the molecule is C=C(C)C#N.C=CC#N.C=COC(=O)C(=C)C. The number of rotatable bonds is 2. The highest BCUT2D eigenvalue weighted by Crippen LogP contribution is 1.90. The van der Waals surface area contributed by atoms with E-state index in [1.807, 2.05) is 6.07 Å². The molecule has 0 aromatic heterocycles. The van der Waals surface area contributed by atoms with Crippen LogP contribution in [-0.4, -0.2) is 5.97 Å². The molecule has 4 heteroatoms. The molecule has 4 nitrogen and oxygen atoms in total. The Labute approximate surface area is 102 Å². The molecule has 90 valence electrons. The number of hydrogen-bond donors (Lipinski definition) is 0. The minimum atomic E-state index is -0.431. The van der Waals surface area contributed by atoms with Crippen molar-refractivity contribution in [1.82, 2.24) is 0 Å². The fourth-order valence-corrected chi connectivity index (χ4v) is 0.176. The normalized spacial score (nSPS) is 6.12. The molecule has 0 N–H and O–H groups in total. The molecule has 0 aliphatic rings. The standard InChI is InChI=1S/C6H8O2.C4H5N.C3H3N/c1-4-8-6(7)5(2)3;1-4(2)3-5;1-2-3-4/h4H,1-2H2,3H3;1H2,2H3;2H,1H2. The number of nitriles is 2. The molecular weight excluding hydrogens is 216 g/mol. The molecule has 0 aromatic carbocycles. The first-order valence-electron chi connectivity index (χ1n) is 4.40. The smallest absolute Gasteiger partial charge is 0.337 e. The van der Waals surface area contributed by atoms with Gasteiger partial charge in [-0.1, -0.05) is 26.3 Å². The average molecular weight is 232 g/mol. The fraction of sp³-hybridized carbons (Fsp3) is 0.154. The van der Waals surface area contributed by atoms with Crippen LogP contribution in [0.15, 0.2) is 49.8 Å². The Morgan fingerprint density at radius 2 is 1.59 bits per heavy atom. The first-order chi connectivity index (χ1) is 7.87. The lowest BCUT2D eigenvalue weighted by atomic mass is 10.4. The van der Waals surface area contributed by atoms with Gasteiger partial charge < -0.3 is 4.74 Å². The molecule has 17 heavy (non-hydrogen) atoms. The Bertz CT molecular complexity index is 368. The molecule has 0 saturated heterocycles. The van der Waals surface area contributed by atoms with E-state index in [2.05, 4.69) is 31.1 Å². The van der Waals surface area contributed by atoms with Crippen LogP contribution in [-0.2, 0) is 9.53 Å². The summed E-state index contributed by atoms with van der Waals surface area (Å²) in [6.45, 7) is 16.2. The molecule has 0 amide bonds. The van der Waals surface area contributed by atoms with Crippen LogP contribution in [0.4, 0.5) is 0 Å². The maximum atomic E-state index is 10.3. The molecule has 0 aromatic rings. The maximum absolute atomic E-state index is 10.3. The summed E-state index contributed by atoms with van der Waals surface area (Å²) >= 11 is 0. The van der Waals surface area contributed by atoms with Gasteiger partial charge in [0.1, 0.15) is 0 Å². The molecule has 0 aliphatic heterocycles. The Morgan fingerprint density at radius 3 is 1.65 bits per heavy atom. The van der Waals surface area contributed by atoms with Crippen molar-refractivity contribution in [2.45, 2.75) is 13.8 Å². The molecule has 0 radical (unpaired) electrons. The summed E-state index contributed by atoms with van der Waals surface area (Å²) in [5.41, 5.74) is 0.940. The van der Waals surface area contributed by atoms with Gasteiger partial charge in [0, 0.05) is 17.2 Å². The lowest BCUT2D eigenvalue weighted by molar-refractivity contribution is -0.133. The van der Waals surface area contributed by atoms with E-state index in [0.29, 0.717) is 11.1 Å². The van der Waals surface area contributed by atoms with Gasteiger partial charge in [0.25, 0.3) is 0 Å². The van der Waals surface area contributed by atoms with Gasteiger partial charge in [0.2, 0.25) is 0 Å². The van der Waals surface area contributed by atoms with Crippen LogP contribution in [0, 0.1) is 22.7 Å². The van der Waals surface area contributed by atoms with Crippen LogP contribution < -0.4 is 0 Å². The topological polar surface area (TPSA) is 73.9 Å². The van der Waals surface area contributed by atoms with Gasteiger partial charge >= 0.3 is 5.97 Å². The number of carbonyl (C=O) groups is 1. The molecular formula is C13H16N2O2. The highest BCUT2D eigenvalue weighted by atomic mass is 16.5. The highest BCUT2D eigenvalue weighted by molar-refractivity contribution is 5.87. The van der Waals surface area contributed by atoms with Crippen molar-refractivity contribution in [2.75, 3.05) is 0 Å². The molecule has 0 aliphatic carbocycles. The average Bonchev–Trinajstić information content (AvgIpc) is 2.30. The molecule has 0 saturated carbocycles. The van der Waals surface area contributed by atoms with Crippen molar-refractivity contribution in [3.63, 3.8) is 0 Å². The van der Waals surface area contributed by atoms with E-state index in [0.717, 1.165) is 6.26 Å². The van der Waals surface area contributed by atoms with E-state index < -0.39 is 5.97 Å². The van der Waals surface area contributed by atoms with Gasteiger partial charge in [0.05, 0.1) is 18.4 Å². The number of nitrogens with zero attached hydrogens (tertiary/aromatic N) is 2. The van der Waals surface area contributed by atoms with Crippen LogP contribution in [0.25, 0.3) is 0 Å². The third-order valence-electron chi connectivity index (χ3n) is 0.821. The van der Waals surface area contributed by atoms with Crippen molar-refractivity contribution < 1.29 is 9.53 Å². The van der Waals surface area contributed by atoms with Crippen molar-refractivity contribution >= 4 is 5.97 Å². The summed E-state index contributed by atoms with van der Waals surface area (Å²) in [6.07, 6.45) is 2.26. The van der Waals surface area contributed by atoms with Crippen LogP contribution in [0.2, 0.25) is 0 Å². The van der Waals surface area contributed by atoms with E-state index in [1.165, 1.54) is 6.08 Å². The second kappa shape index (κ2) is 15.9. The Morgan fingerprint density at radius 1 is 1.24 bits per heavy atom. The van der Waals surface area contributed by atoms with Crippen molar-refractivity contribution in [3.05, 3.63) is 49.8 Å². The minimum Gasteiger partial charge on any atom is -0.432 e. The van der Waals surface area contributed by atoms with Gasteiger partial charge in [-0.3, -0.25) is 0 Å². The van der Waals surface area contributed by atoms with Crippen molar-refractivity contribution in [3.8, 4) is 12.1 Å². The van der Waals surface area contributed by atoms with Crippen LogP contribution in [0.1, 0.15) is 13.8 Å². The second-order valence-electron chi connectivity index (χ2n) is 2.58. The van der Waals surface area contributed by atoms with Gasteiger partial charge in [-0.15, -0.1) is 0 Å². The van der Waals surface area contributed by atoms with E-state index in [4.69, 9.17) is 10.5 Å². The largest absolute Gasteiger partial charge is 0.432 e. The number of hydrogen-bond acceptors (Lipinski definition) is 4. The molecule has 0 spiro atoms. The van der Waals surface area contributed by atoms with Gasteiger partial charge in [-0.05, 0) is 13.8 Å².